The van der Waals surface area contributed by atoms with Gasteiger partial charge in [0.1, 0.15) is 5.75 Å². The van der Waals surface area contributed by atoms with Crippen molar-refractivity contribution in [3.05, 3.63) is 61.6 Å². The molecule has 1 atom stereocenters. The van der Waals surface area contributed by atoms with E-state index >= 15 is 0 Å². The normalized spacial score (nSPS) is 12.2. The summed E-state index contributed by atoms with van der Waals surface area (Å²) in [6.45, 7) is 5.72. The zero-order chi connectivity index (χ0) is 15.2. The van der Waals surface area contributed by atoms with Gasteiger partial charge in [0.05, 0.1) is 12.6 Å². The van der Waals surface area contributed by atoms with Crippen molar-refractivity contribution < 1.29 is 4.74 Å². The van der Waals surface area contributed by atoms with Crippen LogP contribution in [-0.4, -0.2) is 13.2 Å². The van der Waals surface area contributed by atoms with E-state index in [2.05, 4.69) is 81.1 Å². The van der Waals surface area contributed by atoms with Crippen LogP contribution in [0.3, 0.4) is 0 Å². The molecule has 2 nitrogen and oxygen atoms in total. The lowest BCUT2D eigenvalue weighted by Crippen LogP contribution is -2.22. The second-order valence-electron chi connectivity index (χ2n) is 4.66. The van der Waals surface area contributed by atoms with Crippen molar-refractivity contribution in [2.45, 2.75) is 19.9 Å². The number of halogens is 2. The van der Waals surface area contributed by atoms with E-state index in [0.717, 1.165) is 16.8 Å². The minimum Gasteiger partial charge on any atom is -0.494 e. The Kier molecular flexibility index (Phi) is 6.51. The first-order chi connectivity index (χ1) is 10.2. The third-order valence-electron chi connectivity index (χ3n) is 3.18. The van der Waals surface area contributed by atoms with E-state index in [-0.39, 0.29) is 6.04 Å². The molecule has 0 aliphatic rings. The fourth-order valence-electron chi connectivity index (χ4n) is 2.30. The molecule has 0 bridgehead atoms. The Balaban J connectivity index is 2.38. The molecule has 1 unspecified atom stereocenters. The predicted molar refractivity (Wildman–Crippen MR) is 100.0 cm³/mol. The standard InChI is InChI=1S/C17H19BrINO/c1-3-20-17(12-6-5-7-13(19)10-12)15-9-8-14(21-4-2)11-16(15)18/h5-11,17,20H,3-4H2,1-2H3. The lowest BCUT2D eigenvalue weighted by molar-refractivity contribution is 0.340. The summed E-state index contributed by atoms with van der Waals surface area (Å²) in [5.41, 5.74) is 2.50. The summed E-state index contributed by atoms with van der Waals surface area (Å²) in [5, 5.41) is 3.56. The average Bonchev–Trinajstić information content (AvgIpc) is 2.46. The molecular weight excluding hydrogens is 441 g/mol. The van der Waals surface area contributed by atoms with Crippen LogP contribution in [-0.2, 0) is 0 Å². The average molecular weight is 460 g/mol. The molecule has 0 aliphatic heterocycles. The van der Waals surface area contributed by atoms with Crippen LogP contribution in [0.4, 0.5) is 0 Å². The van der Waals surface area contributed by atoms with Gasteiger partial charge in [0.15, 0.2) is 0 Å². The van der Waals surface area contributed by atoms with Gasteiger partial charge in [-0.05, 0) is 71.5 Å². The summed E-state index contributed by atoms with van der Waals surface area (Å²) in [6.07, 6.45) is 0. The molecule has 2 rings (SSSR count). The molecule has 0 heterocycles. The summed E-state index contributed by atoms with van der Waals surface area (Å²) in [5.74, 6) is 0.894. The topological polar surface area (TPSA) is 21.3 Å². The van der Waals surface area contributed by atoms with Crippen molar-refractivity contribution >= 4 is 38.5 Å². The summed E-state index contributed by atoms with van der Waals surface area (Å²) in [6, 6.07) is 15.0. The number of ether oxygens (including phenoxy) is 1. The predicted octanol–water partition coefficient (Wildman–Crippen LogP) is 5.15. The number of rotatable bonds is 6. The molecule has 0 saturated carbocycles. The number of hydrogen-bond donors (Lipinski definition) is 1. The zero-order valence-corrected chi connectivity index (χ0v) is 15.9. The van der Waals surface area contributed by atoms with E-state index in [1.807, 2.05) is 19.1 Å². The summed E-state index contributed by atoms with van der Waals surface area (Å²) < 4.78 is 7.87. The minimum absolute atomic E-state index is 0.176. The number of benzene rings is 2. The quantitative estimate of drug-likeness (QED) is 0.603. The molecule has 0 spiro atoms. The second kappa shape index (κ2) is 8.15. The van der Waals surface area contributed by atoms with Crippen LogP contribution < -0.4 is 10.1 Å². The highest BCUT2D eigenvalue weighted by Crippen LogP contribution is 2.32. The van der Waals surface area contributed by atoms with Gasteiger partial charge in [-0.15, -0.1) is 0 Å². The van der Waals surface area contributed by atoms with Crippen molar-refractivity contribution in [3.63, 3.8) is 0 Å². The zero-order valence-electron chi connectivity index (χ0n) is 12.2. The van der Waals surface area contributed by atoms with E-state index in [4.69, 9.17) is 4.74 Å². The molecule has 1 N–H and O–H groups in total. The first-order valence-electron chi connectivity index (χ1n) is 7.06. The minimum atomic E-state index is 0.176. The van der Waals surface area contributed by atoms with Gasteiger partial charge in [0.25, 0.3) is 0 Å². The first kappa shape index (κ1) is 16.8. The van der Waals surface area contributed by atoms with Crippen LogP contribution >= 0.6 is 38.5 Å². The van der Waals surface area contributed by atoms with E-state index in [1.165, 1.54) is 14.7 Å². The van der Waals surface area contributed by atoms with Gasteiger partial charge in [-0.1, -0.05) is 41.1 Å². The number of hydrogen-bond acceptors (Lipinski definition) is 2. The molecule has 0 aliphatic carbocycles. The van der Waals surface area contributed by atoms with Crippen LogP contribution in [0.5, 0.6) is 5.75 Å². The molecular formula is C17H19BrINO. The summed E-state index contributed by atoms with van der Waals surface area (Å²) >= 11 is 6.03. The highest BCUT2D eigenvalue weighted by Gasteiger charge is 2.16. The van der Waals surface area contributed by atoms with Crippen LogP contribution in [0.25, 0.3) is 0 Å². The fourth-order valence-corrected chi connectivity index (χ4v) is 3.45. The van der Waals surface area contributed by atoms with Crippen LogP contribution in [0.15, 0.2) is 46.9 Å². The Labute approximate surface area is 148 Å². The Bertz CT molecular complexity index is 603. The highest BCUT2D eigenvalue weighted by atomic mass is 127. The highest BCUT2D eigenvalue weighted by molar-refractivity contribution is 14.1. The third kappa shape index (κ3) is 4.44. The molecule has 0 aromatic heterocycles. The molecule has 21 heavy (non-hydrogen) atoms. The van der Waals surface area contributed by atoms with Gasteiger partial charge in [0.2, 0.25) is 0 Å². The van der Waals surface area contributed by atoms with Crippen molar-refractivity contribution in [2.75, 3.05) is 13.2 Å². The van der Waals surface area contributed by atoms with Gasteiger partial charge in [-0.3, -0.25) is 0 Å². The van der Waals surface area contributed by atoms with Gasteiger partial charge >= 0.3 is 0 Å². The summed E-state index contributed by atoms with van der Waals surface area (Å²) in [7, 11) is 0. The lowest BCUT2D eigenvalue weighted by atomic mass is 9.98. The first-order valence-corrected chi connectivity index (χ1v) is 8.94. The second-order valence-corrected chi connectivity index (χ2v) is 6.76. The SMILES string of the molecule is CCNC(c1cccc(I)c1)c1ccc(OCC)cc1Br. The number of nitrogens with one attached hydrogen (secondary N) is 1. The maximum absolute atomic E-state index is 5.55. The molecule has 4 heteroatoms. The van der Waals surface area contributed by atoms with E-state index in [9.17, 15) is 0 Å². The van der Waals surface area contributed by atoms with Crippen molar-refractivity contribution in [1.82, 2.24) is 5.32 Å². The van der Waals surface area contributed by atoms with Crippen molar-refractivity contribution in [2.24, 2.45) is 0 Å². The Hall–Kier alpha value is -0.590. The largest absolute Gasteiger partial charge is 0.494 e. The lowest BCUT2D eigenvalue weighted by Gasteiger charge is -2.21. The molecule has 0 radical (unpaired) electrons. The van der Waals surface area contributed by atoms with E-state index in [1.54, 1.807) is 0 Å². The maximum Gasteiger partial charge on any atom is 0.120 e. The van der Waals surface area contributed by atoms with Gasteiger partial charge < -0.3 is 10.1 Å². The van der Waals surface area contributed by atoms with E-state index < -0.39 is 0 Å². The molecule has 0 amide bonds. The Morgan fingerprint density at radius 3 is 2.62 bits per heavy atom. The molecule has 2 aromatic carbocycles. The molecule has 2 aromatic rings. The monoisotopic (exact) mass is 459 g/mol. The van der Waals surface area contributed by atoms with Gasteiger partial charge in [-0.25, -0.2) is 0 Å². The van der Waals surface area contributed by atoms with Crippen LogP contribution in [0.2, 0.25) is 0 Å². The third-order valence-corrected chi connectivity index (χ3v) is 4.54. The molecule has 0 fully saturated rings. The van der Waals surface area contributed by atoms with E-state index in [0.29, 0.717) is 6.61 Å². The van der Waals surface area contributed by atoms with Gasteiger partial charge in [0, 0.05) is 8.04 Å². The summed E-state index contributed by atoms with van der Waals surface area (Å²) in [4.78, 5) is 0. The van der Waals surface area contributed by atoms with Gasteiger partial charge in [-0.2, -0.15) is 0 Å². The smallest absolute Gasteiger partial charge is 0.120 e. The Morgan fingerprint density at radius 2 is 2.00 bits per heavy atom. The Morgan fingerprint density at radius 1 is 1.19 bits per heavy atom. The van der Waals surface area contributed by atoms with Crippen LogP contribution in [0, 0.1) is 3.57 Å². The maximum atomic E-state index is 5.55. The molecule has 0 saturated heterocycles. The van der Waals surface area contributed by atoms with Crippen molar-refractivity contribution in [1.29, 1.82) is 0 Å². The fraction of sp³-hybridized carbons (Fsp3) is 0.294. The van der Waals surface area contributed by atoms with Crippen molar-refractivity contribution in [3.8, 4) is 5.75 Å². The molecule has 112 valence electrons. The van der Waals surface area contributed by atoms with Crippen LogP contribution in [0.1, 0.15) is 31.0 Å².